The van der Waals surface area contributed by atoms with Crippen molar-refractivity contribution in [3.8, 4) is 0 Å². The largest absolute Gasteiger partial charge is 0.472 e. The SMILES string of the molecule is CCCCCCCCCCCCCCCC(=O)OC[C@H](COP(=O)(O)OCC[N+](C)(C)C)OC(=O)C(Br)CCCC(Br)CCCCCCCCCCCC. The molecular weight excluding hydrogens is 837 g/mol. The first kappa shape index (κ1) is 54.0. The van der Waals surface area contributed by atoms with E-state index in [1.165, 1.54) is 128 Å². The minimum atomic E-state index is -4.40. The van der Waals surface area contributed by atoms with Crippen LogP contribution in [0.25, 0.3) is 0 Å². The monoisotopic (exact) mass is 918 g/mol. The molecule has 0 aromatic rings. The number of halogens is 2. The number of hydrogen-bond donors (Lipinski definition) is 1. The van der Waals surface area contributed by atoms with Crippen LogP contribution in [0.15, 0.2) is 0 Å². The van der Waals surface area contributed by atoms with Gasteiger partial charge in [-0.25, -0.2) is 4.57 Å². The van der Waals surface area contributed by atoms with Crippen LogP contribution in [-0.2, 0) is 32.7 Å². The van der Waals surface area contributed by atoms with Crippen LogP contribution in [0, 0.1) is 0 Å². The number of rotatable bonds is 40. The molecule has 0 fully saturated rings. The van der Waals surface area contributed by atoms with Crippen LogP contribution in [0.1, 0.15) is 194 Å². The highest BCUT2D eigenvalue weighted by molar-refractivity contribution is 9.10. The van der Waals surface area contributed by atoms with Crippen molar-refractivity contribution in [3.05, 3.63) is 0 Å². The molecule has 0 bridgehead atoms. The summed E-state index contributed by atoms with van der Waals surface area (Å²) >= 11 is 7.28. The Kier molecular flexibility index (Phi) is 36.1. The molecule has 0 heterocycles. The molecule has 0 aliphatic heterocycles. The Balaban J connectivity index is 4.56. The molecule has 0 aliphatic carbocycles. The van der Waals surface area contributed by atoms with Gasteiger partial charge in [-0.05, 0) is 25.7 Å². The molecule has 0 saturated carbocycles. The Hall–Kier alpha value is -0.0300. The molecule has 322 valence electrons. The first-order valence-electron chi connectivity index (χ1n) is 21.9. The number of phosphoric acid groups is 1. The average Bonchev–Trinajstić information content (AvgIpc) is 3.11. The molecule has 0 aliphatic rings. The normalized spacial score (nSPS) is 14.7. The van der Waals surface area contributed by atoms with Crippen molar-refractivity contribution in [3.63, 3.8) is 0 Å². The molecule has 54 heavy (non-hydrogen) atoms. The van der Waals surface area contributed by atoms with Gasteiger partial charge in [0.05, 0.1) is 27.7 Å². The van der Waals surface area contributed by atoms with Crippen molar-refractivity contribution in [2.75, 3.05) is 47.5 Å². The van der Waals surface area contributed by atoms with Crippen molar-refractivity contribution in [1.82, 2.24) is 0 Å². The second-order valence-corrected chi connectivity index (χ2v) is 20.2. The summed E-state index contributed by atoms with van der Waals surface area (Å²) in [6.45, 7) is 4.34. The first-order chi connectivity index (χ1) is 25.8. The molecule has 0 spiro atoms. The number of quaternary nitrogens is 1. The van der Waals surface area contributed by atoms with Crippen LogP contribution in [0.5, 0.6) is 0 Å². The molecule has 12 heteroatoms. The average molecular weight is 921 g/mol. The number of carbonyl (C=O) groups excluding carboxylic acids is 2. The highest BCUT2D eigenvalue weighted by Gasteiger charge is 2.28. The zero-order valence-electron chi connectivity index (χ0n) is 35.3. The molecule has 9 nitrogen and oxygen atoms in total. The number of nitrogens with zero attached hydrogens (tertiary/aromatic N) is 1. The minimum absolute atomic E-state index is 0.0209. The lowest BCUT2D eigenvalue weighted by Gasteiger charge is -2.24. The Labute approximate surface area is 349 Å². The summed E-state index contributed by atoms with van der Waals surface area (Å²) in [4.78, 5) is 35.7. The number of unbranched alkanes of at least 4 members (excludes halogenated alkanes) is 21. The first-order valence-corrected chi connectivity index (χ1v) is 25.2. The van der Waals surface area contributed by atoms with Crippen LogP contribution in [0.4, 0.5) is 0 Å². The number of ether oxygens (including phenoxy) is 2. The summed E-state index contributed by atoms with van der Waals surface area (Å²) in [7, 11) is 1.44. The van der Waals surface area contributed by atoms with E-state index in [-0.39, 0.29) is 25.6 Å². The number of esters is 2. The lowest BCUT2D eigenvalue weighted by molar-refractivity contribution is -0.870. The quantitative estimate of drug-likeness (QED) is 0.0213. The van der Waals surface area contributed by atoms with Gasteiger partial charge in [0, 0.05) is 11.2 Å². The van der Waals surface area contributed by atoms with Crippen molar-refractivity contribution in [2.24, 2.45) is 0 Å². The maximum atomic E-state index is 13.0. The van der Waals surface area contributed by atoms with Gasteiger partial charge < -0.3 is 18.9 Å². The smallest absolute Gasteiger partial charge is 0.462 e. The Morgan fingerprint density at radius 3 is 1.54 bits per heavy atom. The van der Waals surface area contributed by atoms with E-state index < -0.39 is 31.3 Å². The molecule has 0 amide bonds. The highest BCUT2D eigenvalue weighted by atomic mass is 79.9. The van der Waals surface area contributed by atoms with Gasteiger partial charge in [0.25, 0.3) is 0 Å². The molecule has 3 unspecified atom stereocenters. The fourth-order valence-electron chi connectivity index (χ4n) is 6.18. The van der Waals surface area contributed by atoms with Crippen molar-refractivity contribution >= 4 is 51.6 Å². The zero-order valence-corrected chi connectivity index (χ0v) is 39.4. The summed E-state index contributed by atoms with van der Waals surface area (Å²) < 4.78 is 34.5. The summed E-state index contributed by atoms with van der Waals surface area (Å²) in [5.74, 6) is -0.901. The second kappa shape index (κ2) is 36.1. The number of phosphoric ester groups is 1. The third kappa shape index (κ3) is 37.5. The fourth-order valence-corrected chi connectivity index (χ4v) is 8.00. The summed E-state index contributed by atoms with van der Waals surface area (Å²) in [5.41, 5.74) is 0. The third-order valence-corrected chi connectivity index (χ3v) is 12.5. The van der Waals surface area contributed by atoms with Crippen LogP contribution in [0.2, 0.25) is 0 Å². The third-order valence-electron chi connectivity index (χ3n) is 9.74. The van der Waals surface area contributed by atoms with E-state index >= 15 is 0 Å². The fraction of sp³-hybridized carbons (Fsp3) is 0.952. The Morgan fingerprint density at radius 2 is 1.06 bits per heavy atom. The van der Waals surface area contributed by atoms with Gasteiger partial charge in [-0.3, -0.25) is 18.6 Å². The molecule has 0 rings (SSSR count). The van der Waals surface area contributed by atoms with Gasteiger partial charge in [-0.15, -0.1) is 0 Å². The van der Waals surface area contributed by atoms with Gasteiger partial charge in [0.15, 0.2) is 6.10 Å². The molecule has 0 aromatic carbocycles. The number of alkyl halides is 2. The van der Waals surface area contributed by atoms with Gasteiger partial charge in [-0.2, -0.15) is 0 Å². The standard InChI is InChI=1S/C42H82Br2NO8P/c1-6-8-10-12-14-16-18-19-20-22-24-26-28-33-41(46)50-36-39(37-52-54(48,49)51-35-34-45(3,4)5)53-42(47)40(44)32-29-31-38(43)30-27-25-23-21-17-15-13-11-9-7-2/h38-40H,6-37H2,1-5H3/p+1/t38?,39-,40?/m1/s1. The zero-order chi connectivity index (χ0) is 40.3. The van der Waals surface area contributed by atoms with Gasteiger partial charge in [0.2, 0.25) is 0 Å². The van der Waals surface area contributed by atoms with E-state index in [2.05, 4.69) is 45.7 Å². The number of carbonyl (C=O) groups is 2. The lowest BCUT2D eigenvalue weighted by atomic mass is 10.0. The van der Waals surface area contributed by atoms with E-state index in [1.54, 1.807) is 0 Å². The number of hydrogen-bond acceptors (Lipinski definition) is 7. The van der Waals surface area contributed by atoms with Crippen LogP contribution < -0.4 is 0 Å². The predicted octanol–water partition coefficient (Wildman–Crippen LogP) is 12.8. The molecule has 4 atom stereocenters. The predicted molar refractivity (Wildman–Crippen MR) is 232 cm³/mol. The minimum Gasteiger partial charge on any atom is -0.462 e. The second-order valence-electron chi connectivity index (χ2n) is 16.3. The van der Waals surface area contributed by atoms with Crippen LogP contribution in [0.3, 0.4) is 0 Å². The van der Waals surface area contributed by atoms with Crippen LogP contribution >= 0.6 is 39.7 Å². The van der Waals surface area contributed by atoms with Gasteiger partial charge in [0.1, 0.15) is 24.6 Å². The van der Waals surface area contributed by atoms with Gasteiger partial charge in [-0.1, -0.05) is 193 Å². The molecular formula is C42H83Br2NO8P+. The van der Waals surface area contributed by atoms with Crippen molar-refractivity contribution < 1.29 is 42.1 Å². The summed E-state index contributed by atoms with van der Waals surface area (Å²) in [6, 6.07) is 0. The molecule has 0 aromatic heterocycles. The topological polar surface area (TPSA) is 108 Å². The van der Waals surface area contributed by atoms with E-state index in [0.29, 0.717) is 22.3 Å². The molecule has 0 saturated heterocycles. The van der Waals surface area contributed by atoms with E-state index in [1.807, 2.05) is 21.1 Å². The maximum absolute atomic E-state index is 13.0. The number of likely N-dealkylation sites (N-methyl/N-ethyl adjacent to an activating group) is 1. The van der Waals surface area contributed by atoms with E-state index in [4.69, 9.17) is 18.5 Å². The highest BCUT2D eigenvalue weighted by Crippen LogP contribution is 2.43. The van der Waals surface area contributed by atoms with Gasteiger partial charge >= 0.3 is 19.8 Å². The van der Waals surface area contributed by atoms with Crippen molar-refractivity contribution in [2.45, 2.75) is 209 Å². The Morgan fingerprint density at radius 1 is 0.611 bits per heavy atom. The van der Waals surface area contributed by atoms with Crippen molar-refractivity contribution in [1.29, 1.82) is 0 Å². The maximum Gasteiger partial charge on any atom is 0.472 e. The molecule has 0 radical (unpaired) electrons. The van der Waals surface area contributed by atoms with Crippen LogP contribution in [-0.4, -0.2) is 84.6 Å². The summed E-state index contributed by atoms with van der Waals surface area (Å²) in [6.07, 6.45) is 31.8. The molecule has 1 N–H and O–H groups in total. The lowest BCUT2D eigenvalue weighted by Crippen LogP contribution is -2.37. The summed E-state index contributed by atoms with van der Waals surface area (Å²) in [5, 5.41) is 0. The van der Waals surface area contributed by atoms with E-state index in [9.17, 15) is 19.0 Å². The van der Waals surface area contributed by atoms with E-state index in [0.717, 1.165) is 38.5 Å². The Bertz CT molecular complexity index is 938.